The second kappa shape index (κ2) is 6.94. The Kier molecular flexibility index (Phi) is 4.88. The van der Waals surface area contributed by atoms with E-state index < -0.39 is 17.0 Å². The largest absolute Gasteiger partial charge is 0.446 e. The standard InChI is InChI=1S/C19H22F2N2O2/c1-12-17(23-13(2)25-12)5-8-22-18(24)19(6-3-4-7-19)14-9-15(20)11-16(21)10-14/h9-11H,3-8H2,1-2H3,(H,22,24). The molecule has 6 heteroatoms. The molecule has 1 saturated carbocycles. The molecule has 1 amide bonds. The van der Waals surface area contributed by atoms with Crippen LogP contribution in [0.4, 0.5) is 8.78 Å². The number of amides is 1. The number of aryl methyl sites for hydroxylation is 2. The first kappa shape index (κ1) is 17.6. The van der Waals surface area contributed by atoms with Crippen LogP contribution in [0.15, 0.2) is 22.6 Å². The first-order valence-corrected chi connectivity index (χ1v) is 8.58. The number of oxazole rings is 1. The molecule has 1 aliphatic carbocycles. The van der Waals surface area contributed by atoms with Gasteiger partial charge in [0, 0.05) is 26.0 Å². The van der Waals surface area contributed by atoms with Gasteiger partial charge in [0.1, 0.15) is 17.4 Å². The fourth-order valence-electron chi connectivity index (χ4n) is 3.72. The van der Waals surface area contributed by atoms with E-state index in [1.807, 2.05) is 6.92 Å². The predicted molar refractivity (Wildman–Crippen MR) is 89.2 cm³/mol. The zero-order valence-electron chi connectivity index (χ0n) is 14.5. The van der Waals surface area contributed by atoms with Crippen molar-refractivity contribution in [3.05, 3.63) is 52.7 Å². The minimum atomic E-state index is -0.849. The summed E-state index contributed by atoms with van der Waals surface area (Å²) in [6.07, 6.45) is 3.50. The quantitative estimate of drug-likeness (QED) is 0.895. The van der Waals surface area contributed by atoms with Crippen LogP contribution in [0.1, 0.15) is 48.6 Å². The molecule has 0 saturated heterocycles. The first-order chi connectivity index (χ1) is 11.9. The van der Waals surface area contributed by atoms with Gasteiger partial charge in [0.2, 0.25) is 5.91 Å². The van der Waals surface area contributed by atoms with Crippen molar-refractivity contribution in [3.8, 4) is 0 Å². The third-order valence-corrected chi connectivity index (χ3v) is 4.95. The minimum absolute atomic E-state index is 0.173. The number of carbonyl (C=O) groups is 1. The number of hydrogen-bond acceptors (Lipinski definition) is 3. The molecule has 1 fully saturated rings. The average Bonchev–Trinajstić information content (AvgIpc) is 3.14. The second-order valence-electron chi connectivity index (χ2n) is 6.69. The Bertz CT molecular complexity index is 759. The van der Waals surface area contributed by atoms with Gasteiger partial charge in [0.15, 0.2) is 5.89 Å². The molecular formula is C19H22F2N2O2. The summed E-state index contributed by atoms with van der Waals surface area (Å²) in [7, 11) is 0. The maximum absolute atomic E-state index is 13.6. The second-order valence-corrected chi connectivity index (χ2v) is 6.69. The van der Waals surface area contributed by atoms with Crippen LogP contribution in [0.25, 0.3) is 0 Å². The van der Waals surface area contributed by atoms with Gasteiger partial charge in [-0.1, -0.05) is 12.8 Å². The predicted octanol–water partition coefficient (Wildman–Crippen LogP) is 3.74. The number of rotatable bonds is 5. The Morgan fingerprint density at radius 3 is 2.40 bits per heavy atom. The molecule has 0 spiro atoms. The molecule has 0 atom stereocenters. The highest BCUT2D eigenvalue weighted by atomic mass is 19.1. The van der Waals surface area contributed by atoms with Gasteiger partial charge in [-0.3, -0.25) is 4.79 Å². The zero-order valence-corrected chi connectivity index (χ0v) is 14.5. The van der Waals surface area contributed by atoms with Gasteiger partial charge in [0.25, 0.3) is 0 Å². The lowest BCUT2D eigenvalue weighted by molar-refractivity contribution is -0.126. The monoisotopic (exact) mass is 348 g/mol. The molecule has 0 unspecified atom stereocenters. The zero-order chi connectivity index (χ0) is 18.0. The molecule has 0 bridgehead atoms. The van der Waals surface area contributed by atoms with Crippen LogP contribution in [0.2, 0.25) is 0 Å². The molecule has 1 aromatic carbocycles. The van der Waals surface area contributed by atoms with E-state index in [4.69, 9.17) is 4.42 Å². The molecule has 1 heterocycles. The number of aromatic nitrogens is 1. The van der Waals surface area contributed by atoms with Gasteiger partial charge >= 0.3 is 0 Å². The van der Waals surface area contributed by atoms with E-state index in [-0.39, 0.29) is 5.91 Å². The van der Waals surface area contributed by atoms with Crippen LogP contribution in [0.5, 0.6) is 0 Å². The SMILES string of the molecule is Cc1nc(CCNC(=O)C2(c3cc(F)cc(F)c3)CCCC2)c(C)o1. The third-order valence-electron chi connectivity index (χ3n) is 4.95. The van der Waals surface area contributed by atoms with Gasteiger partial charge in [-0.2, -0.15) is 0 Å². The van der Waals surface area contributed by atoms with E-state index in [0.29, 0.717) is 37.3 Å². The fourth-order valence-corrected chi connectivity index (χ4v) is 3.72. The lowest BCUT2D eigenvalue weighted by Gasteiger charge is -2.28. The Morgan fingerprint density at radius 2 is 1.84 bits per heavy atom. The highest BCUT2D eigenvalue weighted by molar-refractivity contribution is 5.88. The van der Waals surface area contributed by atoms with Crippen molar-refractivity contribution in [2.24, 2.45) is 0 Å². The summed E-state index contributed by atoms with van der Waals surface area (Å²) < 4.78 is 32.7. The Balaban J connectivity index is 1.74. The summed E-state index contributed by atoms with van der Waals surface area (Å²) in [5.74, 6) is -0.130. The lowest BCUT2D eigenvalue weighted by Crippen LogP contribution is -2.43. The average molecular weight is 348 g/mol. The molecule has 25 heavy (non-hydrogen) atoms. The minimum Gasteiger partial charge on any atom is -0.446 e. The third kappa shape index (κ3) is 3.57. The van der Waals surface area contributed by atoms with Crippen LogP contribution < -0.4 is 5.32 Å². The van der Waals surface area contributed by atoms with E-state index in [0.717, 1.165) is 30.4 Å². The van der Waals surface area contributed by atoms with Crippen LogP contribution in [-0.2, 0) is 16.6 Å². The summed E-state index contributed by atoms with van der Waals surface area (Å²) in [5.41, 5.74) is 0.390. The lowest BCUT2D eigenvalue weighted by atomic mass is 9.78. The number of benzene rings is 1. The van der Waals surface area contributed by atoms with Crippen molar-refractivity contribution in [1.29, 1.82) is 0 Å². The van der Waals surface area contributed by atoms with Gasteiger partial charge < -0.3 is 9.73 Å². The summed E-state index contributed by atoms with van der Waals surface area (Å²) in [4.78, 5) is 17.2. The van der Waals surface area contributed by atoms with E-state index in [2.05, 4.69) is 10.3 Å². The first-order valence-electron chi connectivity index (χ1n) is 8.58. The molecule has 1 aromatic heterocycles. The van der Waals surface area contributed by atoms with Crippen molar-refractivity contribution >= 4 is 5.91 Å². The van der Waals surface area contributed by atoms with Gasteiger partial charge in [-0.05, 0) is 37.5 Å². The summed E-state index contributed by atoms with van der Waals surface area (Å²) >= 11 is 0. The van der Waals surface area contributed by atoms with E-state index in [1.165, 1.54) is 12.1 Å². The highest BCUT2D eigenvalue weighted by Crippen LogP contribution is 2.41. The van der Waals surface area contributed by atoms with Crippen LogP contribution in [0.3, 0.4) is 0 Å². The molecule has 1 aliphatic rings. The highest BCUT2D eigenvalue weighted by Gasteiger charge is 2.43. The molecule has 3 rings (SSSR count). The topological polar surface area (TPSA) is 55.1 Å². The van der Waals surface area contributed by atoms with Gasteiger partial charge in [-0.25, -0.2) is 13.8 Å². The van der Waals surface area contributed by atoms with Crippen molar-refractivity contribution in [3.63, 3.8) is 0 Å². The number of nitrogens with one attached hydrogen (secondary N) is 1. The van der Waals surface area contributed by atoms with Crippen LogP contribution in [-0.4, -0.2) is 17.4 Å². The smallest absolute Gasteiger partial charge is 0.230 e. The molecule has 1 N–H and O–H groups in total. The molecule has 134 valence electrons. The maximum atomic E-state index is 13.6. The number of hydrogen-bond donors (Lipinski definition) is 1. The maximum Gasteiger partial charge on any atom is 0.230 e. The number of halogens is 2. The number of nitrogens with zero attached hydrogens (tertiary/aromatic N) is 1. The summed E-state index contributed by atoms with van der Waals surface area (Å²) in [6.45, 7) is 4.03. The van der Waals surface area contributed by atoms with Crippen LogP contribution in [0, 0.1) is 25.5 Å². The van der Waals surface area contributed by atoms with Gasteiger partial charge in [0.05, 0.1) is 11.1 Å². The van der Waals surface area contributed by atoms with Crippen molar-refractivity contribution < 1.29 is 18.0 Å². The van der Waals surface area contributed by atoms with E-state index >= 15 is 0 Å². The Labute approximate surface area is 145 Å². The molecule has 0 radical (unpaired) electrons. The normalized spacial score (nSPS) is 16.2. The molecule has 4 nitrogen and oxygen atoms in total. The van der Waals surface area contributed by atoms with Crippen molar-refractivity contribution in [1.82, 2.24) is 10.3 Å². The van der Waals surface area contributed by atoms with Crippen molar-refractivity contribution in [2.75, 3.05) is 6.54 Å². The summed E-state index contributed by atoms with van der Waals surface area (Å²) in [5, 5.41) is 2.92. The van der Waals surface area contributed by atoms with Crippen LogP contribution >= 0.6 is 0 Å². The number of carbonyl (C=O) groups excluding carboxylic acids is 1. The van der Waals surface area contributed by atoms with E-state index in [9.17, 15) is 13.6 Å². The molecular weight excluding hydrogens is 326 g/mol. The van der Waals surface area contributed by atoms with Gasteiger partial charge in [-0.15, -0.1) is 0 Å². The Hall–Kier alpha value is -2.24. The summed E-state index contributed by atoms with van der Waals surface area (Å²) in [6, 6.07) is 3.39. The molecule has 2 aromatic rings. The van der Waals surface area contributed by atoms with Crippen molar-refractivity contribution in [2.45, 2.75) is 51.4 Å². The Morgan fingerprint density at radius 1 is 1.20 bits per heavy atom. The fraction of sp³-hybridized carbons (Fsp3) is 0.474. The van der Waals surface area contributed by atoms with E-state index in [1.54, 1.807) is 6.92 Å². The molecule has 0 aliphatic heterocycles.